The second kappa shape index (κ2) is 15.2. The molecule has 1 aliphatic heterocycles. The molecule has 0 radical (unpaired) electrons. The number of hydrogen-bond acceptors (Lipinski definition) is 4. The molecular formula is C49H47NO4S. The van der Waals surface area contributed by atoms with Gasteiger partial charge in [-0.2, -0.15) is 4.31 Å². The van der Waals surface area contributed by atoms with Crippen molar-refractivity contribution >= 4 is 15.6 Å². The Bertz CT molecular complexity index is 2380. The van der Waals surface area contributed by atoms with E-state index in [1.807, 2.05) is 61.5 Å². The minimum absolute atomic E-state index is 0.152. The number of rotatable bonds is 9. The summed E-state index contributed by atoms with van der Waals surface area (Å²) in [6, 6.07) is 44.7. The molecule has 7 rings (SSSR count). The topological polar surface area (TPSA) is 55.8 Å². The summed E-state index contributed by atoms with van der Waals surface area (Å²) in [5, 5.41) is 0. The van der Waals surface area contributed by atoms with E-state index in [2.05, 4.69) is 100 Å². The van der Waals surface area contributed by atoms with E-state index >= 15 is 0 Å². The van der Waals surface area contributed by atoms with Gasteiger partial charge in [0.1, 0.15) is 11.5 Å². The molecular weight excluding hydrogens is 699 g/mol. The van der Waals surface area contributed by atoms with Crippen LogP contribution in [0, 0.1) is 6.92 Å². The summed E-state index contributed by atoms with van der Waals surface area (Å²) in [5.74, 6) is 1.50. The molecule has 5 aromatic rings. The number of allylic oxidation sites excluding steroid dienone is 4. The summed E-state index contributed by atoms with van der Waals surface area (Å²) in [7, 11) is -0.624. The highest BCUT2D eigenvalue weighted by Crippen LogP contribution is 2.64. The minimum Gasteiger partial charge on any atom is -0.497 e. The quantitative estimate of drug-likeness (QED) is 0.151. The first-order chi connectivity index (χ1) is 26.6. The second-order valence-corrected chi connectivity index (χ2v) is 16.3. The Morgan fingerprint density at radius 3 is 1.62 bits per heavy atom. The van der Waals surface area contributed by atoms with E-state index in [0.29, 0.717) is 0 Å². The van der Waals surface area contributed by atoms with Gasteiger partial charge in [-0.25, -0.2) is 8.42 Å². The third-order valence-corrected chi connectivity index (χ3v) is 12.8. The van der Waals surface area contributed by atoms with Gasteiger partial charge in [0, 0.05) is 13.1 Å². The van der Waals surface area contributed by atoms with Crippen LogP contribution in [-0.4, -0.2) is 40.0 Å². The fraction of sp³-hybridized carbons (Fsp3) is 0.184. The van der Waals surface area contributed by atoms with Gasteiger partial charge in [0.05, 0.1) is 24.5 Å². The molecule has 0 amide bonds. The van der Waals surface area contributed by atoms with Gasteiger partial charge in [0.2, 0.25) is 10.0 Å². The van der Waals surface area contributed by atoms with E-state index in [-0.39, 0.29) is 18.0 Å². The Morgan fingerprint density at radius 1 is 0.691 bits per heavy atom. The zero-order valence-electron chi connectivity index (χ0n) is 32.4. The zero-order chi connectivity index (χ0) is 38.9. The predicted octanol–water partition coefficient (Wildman–Crippen LogP) is 10.7. The minimum atomic E-state index is -3.96. The lowest BCUT2D eigenvalue weighted by molar-refractivity contribution is 0.414. The van der Waals surface area contributed by atoms with Crippen LogP contribution in [0.2, 0.25) is 0 Å². The van der Waals surface area contributed by atoms with Crippen molar-refractivity contribution in [1.29, 1.82) is 0 Å². The Balaban J connectivity index is 1.69. The summed E-state index contributed by atoms with van der Waals surface area (Å²) in [5.41, 5.74) is 12.6. The van der Waals surface area contributed by atoms with Crippen LogP contribution in [0.1, 0.15) is 48.6 Å². The van der Waals surface area contributed by atoms with E-state index < -0.39 is 15.4 Å². The van der Waals surface area contributed by atoms with Gasteiger partial charge >= 0.3 is 0 Å². The highest BCUT2D eigenvalue weighted by Gasteiger charge is 2.56. The SMILES string of the molecule is C=C/C1=C(\C)C(=C(C)C)C2=C(CN(S(=O)(=O)c3ccc(C)cc3)C1)C(=C(c1ccc(OC)cc1)c1ccc(OC)cc1)C2(c1ccccc1)c1ccccc1. The molecule has 55 heavy (non-hydrogen) atoms. The summed E-state index contributed by atoms with van der Waals surface area (Å²) in [4.78, 5) is 0.261. The van der Waals surface area contributed by atoms with Crippen molar-refractivity contribution < 1.29 is 17.9 Å². The summed E-state index contributed by atoms with van der Waals surface area (Å²) >= 11 is 0. The van der Waals surface area contributed by atoms with Gasteiger partial charge in [-0.1, -0.05) is 121 Å². The standard InChI is InChI=1S/C49H47NO4S/c1-8-36-31-50(55(51,52)43-29-19-34(4)20-30-43)32-44-47(45(33(2)3)35(36)5)49(39-15-11-9-12-16-39,40-17-13-10-14-18-40)48(44)46(37-21-25-41(53-6)26-22-37)38-23-27-42(54-7)28-24-38/h8-30H,1,31-32H2,2-7H3/b36-35-. The molecule has 2 aliphatic rings. The third kappa shape index (κ3) is 6.49. The maximum atomic E-state index is 14.9. The van der Waals surface area contributed by atoms with E-state index in [0.717, 1.165) is 83.9 Å². The van der Waals surface area contributed by atoms with Gasteiger partial charge < -0.3 is 9.47 Å². The molecule has 0 spiro atoms. The van der Waals surface area contributed by atoms with Gasteiger partial charge in [0.25, 0.3) is 0 Å². The van der Waals surface area contributed by atoms with Crippen molar-refractivity contribution in [2.75, 3.05) is 27.3 Å². The highest BCUT2D eigenvalue weighted by molar-refractivity contribution is 7.89. The normalized spacial score (nSPS) is 17.1. The summed E-state index contributed by atoms with van der Waals surface area (Å²) < 4.78 is 42.6. The Labute approximate surface area is 326 Å². The summed E-state index contributed by atoms with van der Waals surface area (Å²) in [6.07, 6.45) is 1.82. The summed E-state index contributed by atoms with van der Waals surface area (Å²) in [6.45, 7) is 12.9. The molecule has 0 N–H and O–H groups in total. The van der Waals surface area contributed by atoms with Crippen LogP contribution in [0.15, 0.2) is 190 Å². The number of ether oxygens (including phenoxy) is 2. The molecule has 0 aromatic heterocycles. The smallest absolute Gasteiger partial charge is 0.243 e. The Kier molecular flexibility index (Phi) is 10.4. The van der Waals surface area contributed by atoms with Crippen LogP contribution in [0.3, 0.4) is 0 Å². The molecule has 0 saturated heterocycles. The molecule has 1 heterocycles. The molecule has 5 aromatic carbocycles. The van der Waals surface area contributed by atoms with Gasteiger partial charge in [-0.15, -0.1) is 0 Å². The second-order valence-electron chi connectivity index (χ2n) is 14.4. The van der Waals surface area contributed by atoms with E-state index in [1.165, 1.54) is 0 Å². The molecule has 6 heteroatoms. The van der Waals surface area contributed by atoms with Crippen molar-refractivity contribution in [3.05, 3.63) is 213 Å². The molecule has 1 aliphatic carbocycles. The van der Waals surface area contributed by atoms with Gasteiger partial charge in [-0.3, -0.25) is 0 Å². The molecule has 0 unspecified atom stereocenters. The van der Waals surface area contributed by atoms with Gasteiger partial charge in [-0.05, 0) is 125 Å². The lowest BCUT2D eigenvalue weighted by Crippen LogP contribution is -2.49. The van der Waals surface area contributed by atoms with Crippen LogP contribution < -0.4 is 9.47 Å². The third-order valence-electron chi connectivity index (χ3n) is 11.0. The monoisotopic (exact) mass is 745 g/mol. The van der Waals surface area contributed by atoms with Gasteiger partial charge in [0.15, 0.2) is 0 Å². The maximum Gasteiger partial charge on any atom is 0.243 e. The van der Waals surface area contributed by atoms with Crippen LogP contribution in [0.4, 0.5) is 0 Å². The number of hydrogen-bond donors (Lipinski definition) is 0. The van der Waals surface area contributed by atoms with Crippen molar-refractivity contribution in [3.8, 4) is 11.5 Å². The molecule has 0 bridgehead atoms. The Morgan fingerprint density at radius 2 is 1.18 bits per heavy atom. The number of benzene rings is 5. The average molecular weight is 746 g/mol. The van der Waals surface area contributed by atoms with Crippen LogP contribution in [-0.2, 0) is 15.4 Å². The molecule has 5 nitrogen and oxygen atoms in total. The van der Waals surface area contributed by atoms with E-state index in [4.69, 9.17) is 9.47 Å². The first kappa shape index (κ1) is 37.6. The Hall–Kier alpha value is -5.69. The largest absolute Gasteiger partial charge is 0.497 e. The highest BCUT2D eigenvalue weighted by atomic mass is 32.2. The maximum absolute atomic E-state index is 14.9. The lowest BCUT2D eigenvalue weighted by atomic mass is 9.49. The first-order valence-corrected chi connectivity index (χ1v) is 20.0. The number of aryl methyl sites for hydroxylation is 1. The number of sulfonamides is 1. The first-order valence-electron chi connectivity index (χ1n) is 18.5. The van der Waals surface area contributed by atoms with Crippen molar-refractivity contribution in [2.45, 2.75) is 38.0 Å². The average Bonchev–Trinajstić information content (AvgIpc) is 3.20. The van der Waals surface area contributed by atoms with E-state index in [1.54, 1.807) is 30.7 Å². The molecule has 278 valence electrons. The molecule has 0 atom stereocenters. The number of nitrogens with zero attached hydrogens (tertiary/aromatic N) is 1. The predicted molar refractivity (Wildman–Crippen MR) is 224 cm³/mol. The number of methoxy groups -OCH3 is 2. The fourth-order valence-electron chi connectivity index (χ4n) is 8.33. The fourth-order valence-corrected chi connectivity index (χ4v) is 9.71. The van der Waals surface area contributed by atoms with Crippen molar-refractivity contribution in [2.24, 2.45) is 0 Å². The van der Waals surface area contributed by atoms with Crippen LogP contribution in [0.25, 0.3) is 5.57 Å². The zero-order valence-corrected chi connectivity index (χ0v) is 33.2. The van der Waals surface area contributed by atoms with Crippen molar-refractivity contribution in [3.63, 3.8) is 0 Å². The lowest BCUT2D eigenvalue weighted by Gasteiger charge is -2.54. The van der Waals surface area contributed by atoms with Crippen LogP contribution >= 0.6 is 0 Å². The van der Waals surface area contributed by atoms with Crippen LogP contribution in [0.5, 0.6) is 11.5 Å². The molecule has 0 fully saturated rings. The molecule has 0 saturated carbocycles. The van der Waals surface area contributed by atoms with E-state index in [9.17, 15) is 8.42 Å². The van der Waals surface area contributed by atoms with Crippen molar-refractivity contribution in [1.82, 2.24) is 4.31 Å².